The highest BCUT2D eigenvalue weighted by molar-refractivity contribution is 5.39. The molecule has 3 heteroatoms. The molecule has 1 saturated carbocycles. The minimum Gasteiger partial charge on any atom is -0.512 e. The second kappa shape index (κ2) is 3.53. The first-order chi connectivity index (χ1) is 8.36. The first-order valence-corrected chi connectivity index (χ1v) is 6.85. The lowest BCUT2D eigenvalue weighted by molar-refractivity contribution is -0.119. The minimum atomic E-state index is -0.455. The Morgan fingerprint density at radius 2 is 1.94 bits per heavy atom. The van der Waals surface area contributed by atoms with Crippen molar-refractivity contribution in [1.82, 2.24) is 0 Å². The monoisotopic (exact) mass is 250 g/mol. The third-order valence-electron chi connectivity index (χ3n) is 5.14. The maximum Gasteiger partial charge on any atom is 0.111 e. The summed E-state index contributed by atoms with van der Waals surface area (Å²) in [6.45, 7) is 6.09. The zero-order valence-corrected chi connectivity index (χ0v) is 11.4. The Morgan fingerprint density at radius 1 is 1.28 bits per heavy atom. The summed E-state index contributed by atoms with van der Waals surface area (Å²) in [4.78, 5) is 0. The molecule has 0 radical (unpaired) electrons. The van der Waals surface area contributed by atoms with Gasteiger partial charge in [-0.15, -0.1) is 0 Å². The highest BCUT2D eigenvalue weighted by Gasteiger charge is 2.50. The summed E-state index contributed by atoms with van der Waals surface area (Å²) in [5, 5.41) is 20.4. The Balaban J connectivity index is 2.03. The first kappa shape index (κ1) is 12.1. The van der Waals surface area contributed by atoms with Crippen LogP contribution in [0.5, 0.6) is 0 Å². The molecule has 0 bridgehead atoms. The number of allylic oxidation sites excluding steroid dienone is 2. The molecule has 3 rings (SSSR count). The van der Waals surface area contributed by atoms with E-state index in [0.29, 0.717) is 18.6 Å². The Morgan fingerprint density at radius 3 is 2.50 bits per heavy atom. The van der Waals surface area contributed by atoms with Crippen molar-refractivity contribution in [3.63, 3.8) is 0 Å². The van der Waals surface area contributed by atoms with Crippen molar-refractivity contribution >= 4 is 0 Å². The van der Waals surface area contributed by atoms with E-state index < -0.39 is 6.10 Å². The highest BCUT2D eigenvalue weighted by Crippen LogP contribution is 2.54. The molecule has 100 valence electrons. The van der Waals surface area contributed by atoms with E-state index in [2.05, 4.69) is 13.8 Å². The van der Waals surface area contributed by atoms with Gasteiger partial charge in [-0.3, -0.25) is 0 Å². The lowest BCUT2D eigenvalue weighted by atomic mass is 9.68. The van der Waals surface area contributed by atoms with Crippen LogP contribution in [0.3, 0.4) is 0 Å². The fourth-order valence-corrected chi connectivity index (χ4v) is 3.40. The van der Waals surface area contributed by atoms with E-state index in [9.17, 15) is 10.2 Å². The quantitative estimate of drug-likeness (QED) is 0.694. The molecule has 1 fully saturated rings. The van der Waals surface area contributed by atoms with Gasteiger partial charge in [0.15, 0.2) is 0 Å². The number of hydrogen-bond acceptors (Lipinski definition) is 3. The molecule has 3 aliphatic rings. The molecule has 0 saturated heterocycles. The van der Waals surface area contributed by atoms with E-state index >= 15 is 0 Å². The van der Waals surface area contributed by atoms with Crippen molar-refractivity contribution in [1.29, 1.82) is 0 Å². The van der Waals surface area contributed by atoms with Crippen LogP contribution in [-0.2, 0) is 4.74 Å². The second-order valence-corrected chi connectivity index (χ2v) is 6.59. The average Bonchev–Trinajstić information content (AvgIpc) is 2.26. The van der Waals surface area contributed by atoms with Gasteiger partial charge in [-0.05, 0) is 45.6 Å². The standard InChI is InChI=1S/C15H22O3/c1-9-11(16)7-10-12(17)8-15(5-4-6-15)18-13(10)14(9,2)3/h12,16-17H,4-8H2,1-3H3. The predicted octanol–water partition coefficient (Wildman–Crippen LogP) is 3.21. The van der Waals surface area contributed by atoms with Gasteiger partial charge in [0, 0.05) is 23.8 Å². The molecule has 0 aromatic heterocycles. The number of hydrogen-bond donors (Lipinski definition) is 2. The highest BCUT2D eigenvalue weighted by atomic mass is 16.5. The first-order valence-electron chi connectivity index (χ1n) is 6.85. The summed E-state index contributed by atoms with van der Waals surface area (Å²) in [5.74, 6) is 1.31. The topological polar surface area (TPSA) is 49.7 Å². The van der Waals surface area contributed by atoms with Crippen LogP contribution < -0.4 is 0 Å². The van der Waals surface area contributed by atoms with Crippen LogP contribution in [0.2, 0.25) is 0 Å². The van der Waals surface area contributed by atoms with Crippen LogP contribution >= 0.6 is 0 Å². The molecule has 1 atom stereocenters. The molecule has 1 heterocycles. The molecule has 0 amide bonds. The van der Waals surface area contributed by atoms with Gasteiger partial charge in [0.2, 0.25) is 0 Å². The Hall–Kier alpha value is -0.960. The lowest BCUT2D eigenvalue weighted by Gasteiger charge is -2.52. The van der Waals surface area contributed by atoms with E-state index in [1.54, 1.807) is 0 Å². The Bertz CT molecular complexity index is 452. The van der Waals surface area contributed by atoms with Gasteiger partial charge in [0.05, 0.1) is 11.9 Å². The molecule has 18 heavy (non-hydrogen) atoms. The summed E-state index contributed by atoms with van der Waals surface area (Å²) in [7, 11) is 0. The molecule has 1 aliphatic heterocycles. The smallest absolute Gasteiger partial charge is 0.111 e. The maximum atomic E-state index is 10.4. The summed E-state index contributed by atoms with van der Waals surface area (Å²) in [6, 6.07) is 0. The second-order valence-electron chi connectivity index (χ2n) is 6.59. The molecule has 3 nitrogen and oxygen atoms in total. The van der Waals surface area contributed by atoms with E-state index in [-0.39, 0.29) is 11.0 Å². The third kappa shape index (κ3) is 1.46. The molecule has 1 unspecified atom stereocenters. The van der Waals surface area contributed by atoms with Crippen molar-refractivity contribution in [3.05, 3.63) is 22.7 Å². The Kier molecular flexibility index (Phi) is 2.37. The summed E-state index contributed by atoms with van der Waals surface area (Å²) < 4.78 is 6.29. The van der Waals surface area contributed by atoms with E-state index in [0.717, 1.165) is 29.7 Å². The molecule has 2 aliphatic carbocycles. The maximum absolute atomic E-state index is 10.4. The van der Waals surface area contributed by atoms with Crippen molar-refractivity contribution in [2.75, 3.05) is 0 Å². The SMILES string of the molecule is CC1=C(O)CC2=C(OC3(CCC3)CC2O)C1(C)C. The van der Waals surface area contributed by atoms with Gasteiger partial charge < -0.3 is 14.9 Å². The fourth-order valence-electron chi connectivity index (χ4n) is 3.40. The summed E-state index contributed by atoms with van der Waals surface area (Å²) >= 11 is 0. The van der Waals surface area contributed by atoms with Gasteiger partial charge >= 0.3 is 0 Å². The van der Waals surface area contributed by atoms with Gasteiger partial charge in [-0.2, -0.15) is 0 Å². The van der Waals surface area contributed by atoms with Crippen LogP contribution in [0.4, 0.5) is 0 Å². The largest absolute Gasteiger partial charge is 0.512 e. The van der Waals surface area contributed by atoms with Gasteiger partial charge in [0.25, 0.3) is 0 Å². The third-order valence-corrected chi connectivity index (χ3v) is 5.14. The summed E-state index contributed by atoms with van der Waals surface area (Å²) in [5.41, 5.74) is 1.43. The molecular weight excluding hydrogens is 228 g/mol. The average molecular weight is 250 g/mol. The van der Waals surface area contributed by atoms with Crippen LogP contribution in [0.15, 0.2) is 22.7 Å². The van der Waals surface area contributed by atoms with Crippen molar-refractivity contribution in [2.24, 2.45) is 5.41 Å². The zero-order chi connectivity index (χ0) is 13.1. The number of aliphatic hydroxyl groups is 2. The van der Waals surface area contributed by atoms with E-state index in [1.165, 1.54) is 6.42 Å². The number of ether oxygens (including phenoxy) is 1. The van der Waals surface area contributed by atoms with Crippen LogP contribution in [0, 0.1) is 5.41 Å². The predicted molar refractivity (Wildman–Crippen MR) is 69.0 cm³/mol. The van der Waals surface area contributed by atoms with Crippen LogP contribution in [0.1, 0.15) is 52.9 Å². The van der Waals surface area contributed by atoms with E-state index in [4.69, 9.17) is 4.74 Å². The molecule has 1 spiro atoms. The minimum absolute atomic E-state index is 0.122. The lowest BCUT2D eigenvalue weighted by Crippen LogP contribution is -2.49. The van der Waals surface area contributed by atoms with Gasteiger partial charge in [0.1, 0.15) is 11.4 Å². The van der Waals surface area contributed by atoms with Crippen molar-refractivity contribution in [2.45, 2.75) is 64.6 Å². The zero-order valence-electron chi connectivity index (χ0n) is 11.4. The van der Waals surface area contributed by atoms with Crippen LogP contribution in [0.25, 0.3) is 0 Å². The number of rotatable bonds is 0. The van der Waals surface area contributed by atoms with Gasteiger partial charge in [-0.25, -0.2) is 0 Å². The molecule has 0 aromatic carbocycles. The number of aliphatic hydroxyl groups excluding tert-OH is 2. The van der Waals surface area contributed by atoms with Crippen molar-refractivity contribution in [3.8, 4) is 0 Å². The van der Waals surface area contributed by atoms with Crippen molar-refractivity contribution < 1.29 is 14.9 Å². The van der Waals surface area contributed by atoms with E-state index in [1.807, 2.05) is 6.92 Å². The van der Waals surface area contributed by atoms with Gasteiger partial charge in [-0.1, -0.05) is 0 Å². The van der Waals surface area contributed by atoms with Crippen LogP contribution in [-0.4, -0.2) is 21.9 Å². The summed E-state index contributed by atoms with van der Waals surface area (Å²) in [6.07, 6.45) is 3.96. The normalized spacial score (nSPS) is 33.0. The Labute approximate surface area is 108 Å². The molecule has 0 aromatic rings. The molecule has 2 N–H and O–H groups in total. The molecular formula is C15H22O3. The fraction of sp³-hybridized carbons (Fsp3) is 0.733.